The molecule has 1 aliphatic heterocycles. The molecule has 0 radical (unpaired) electrons. The standard InChI is InChI=1S/C26H26FN3O4/c1-33-25-22(27)15-20(16-23(25)29-24(31)17-30-11-13-34-14-12-30)26(32)28-21-9-7-19(8-10-21)18-5-3-2-4-6-18/h2-10,15-16H,11-14,17H2,1H3,(H,28,32)(H,29,31). The van der Waals surface area contributed by atoms with E-state index in [1.807, 2.05) is 47.4 Å². The first-order valence-electron chi connectivity index (χ1n) is 11.0. The van der Waals surface area contributed by atoms with Crippen LogP contribution in [-0.2, 0) is 9.53 Å². The number of benzene rings is 3. The zero-order valence-electron chi connectivity index (χ0n) is 18.8. The van der Waals surface area contributed by atoms with E-state index in [-0.39, 0.29) is 29.5 Å². The fraction of sp³-hybridized carbons (Fsp3) is 0.231. The number of hydrogen-bond acceptors (Lipinski definition) is 5. The summed E-state index contributed by atoms with van der Waals surface area (Å²) in [7, 11) is 1.31. The Kier molecular flexibility index (Phi) is 7.51. The van der Waals surface area contributed by atoms with Crippen molar-refractivity contribution in [1.29, 1.82) is 0 Å². The quantitative estimate of drug-likeness (QED) is 0.553. The van der Waals surface area contributed by atoms with Crippen LogP contribution in [-0.4, -0.2) is 56.7 Å². The second-order valence-corrected chi connectivity index (χ2v) is 7.87. The largest absolute Gasteiger partial charge is 0.492 e. The van der Waals surface area contributed by atoms with Crippen LogP contribution in [0, 0.1) is 5.82 Å². The van der Waals surface area contributed by atoms with Gasteiger partial charge in [-0.05, 0) is 35.4 Å². The monoisotopic (exact) mass is 463 g/mol. The fourth-order valence-corrected chi connectivity index (χ4v) is 3.76. The number of rotatable bonds is 7. The summed E-state index contributed by atoms with van der Waals surface area (Å²) >= 11 is 0. The normalized spacial score (nSPS) is 13.8. The summed E-state index contributed by atoms with van der Waals surface area (Å²) in [4.78, 5) is 27.3. The van der Waals surface area contributed by atoms with E-state index in [4.69, 9.17) is 9.47 Å². The third kappa shape index (κ3) is 5.78. The number of methoxy groups -OCH3 is 1. The zero-order chi connectivity index (χ0) is 23.9. The second-order valence-electron chi connectivity index (χ2n) is 7.87. The highest BCUT2D eigenvalue weighted by Crippen LogP contribution is 2.30. The highest BCUT2D eigenvalue weighted by molar-refractivity contribution is 6.06. The van der Waals surface area contributed by atoms with Crippen LogP contribution in [0.4, 0.5) is 15.8 Å². The van der Waals surface area contributed by atoms with E-state index in [1.165, 1.54) is 13.2 Å². The molecule has 176 valence electrons. The van der Waals surface area contributed by atoms with E-state index < -0.39 is 11.7 Å². The van der Waals surface area contributed by atoms with Crippen LogP contribution in [0.5, 0.6) is 5.75 Å². The van der Waals surface area contributed by atoms with Crippen LogP contribution in [0.15, 0.2) is 66.7 Å². The van der Waals surface area contributed by atoms with Gasteiger partial charge in [0.2, 0.25) is 5.91 Å². The molecule has 0 spiro atoms. The number of anilines is 2. The lowest BCUT2D eigenvalue weighted by Crippen LogP contribution is -2.41. The van der Waals surface area contributed by atoms with Gasteiger partial charge in [0.05, 0.1) is 32.6 Å². The highest BCUT2D eigenvalue weighted by Gasteiger charge is 2.20. The Morgan fingerprint density at radius 2 is 1.65 bits per heavy atom. The lowest BCUT2D eigenvalue weighted by atomic mass is 10.1. The van der Waals surface area contributed by atoms with Crippen molar-refractivity contribution in [3.63, 3.8) is 0 Å². The third-order valence-corrected chi connectivity index (χ3v) is 5.50. The summed E-state index contributed by atoms with van der Waals surface area (Å²) in [6.45, 7) is 2.55. The van der Waals surface area contributed by atoms with Crippen molar-refractivity contribution in [2.24, 2.45) is 0 Å². The number of hydrogen-bond donors (Lipinski definition) is 2. The van der Waals surface area contributed by atoms with Gasteiger partial charge in [-0.1, -0.05) is 42.5 Å². The molecule has 34 heavy (non-hydrogen) atoms. The number of amides is 2. The maximum Gasteiger partial charge on any atom is 0.255 e. The van der Waals surface area contributed by atoms with Crippen molar-refractivity contribution in [2.75, 3.05) is 50.6 Å². The Bertz CT molecular complexity index is 1150. The van der Waals surface area contributed by atoms with Crippen LogP contribution < -0.4 is 15.4 Å². The van der Waals surface area contributed by atoms with E-state index in [2.05, 4.69) is 10.6 Å². The Morgan fingerprint density at radius 1 is 0.971 bits per heavy atom. The first-order chi connectivity index (χ1) is 16.5. The van der Waals surface area contributed by atoms with Crippen LogP contribution >= 0.6 is 0 Å². The van der Waals surface area contributed by atoms with Crippen LogP contribution in [0.25, 0.3) is 11.1 Å². The van der Waals surface area contributed by atoms with E-state index in [9.17, 15) is 14.0 Å². The molecule has 1 heterocycles. The number of halogens is 1. The molecule has 0 aliphatic carbocycles. The van der Waals surface area contributed by atoms with E-state index >= 15 is 0 Å². The molecule has 7 nitrogen and oxygen atoms in total. The van der Waals surface area contributed by atoms with Crippen molar-refractivity contribution in [3.8, 4) is 16.9 Å². The molecule has 4 rings (SSSR count). The Morgan fingerprint density at radius 3 is 2.32 bits per heavy atom. The molecule has 8 heteroatoms. The Balaban J connectivity index is 1.47. The molecular weight excluding hydrogens is 437 g/mol. The minimum absolute atomic E-state index is 0.0621. The summed E-state index contributed by atoms with van der Waals surface area (Å²) in [6.07, 6.45) is 0. The SMILES string of the molecule is COc1c(F)cc(C(=O)Nc2ccc(-c3ccccc3)cc2)cc1NC(=O)CN1CCOCC1. The van der Waals surface area contributed by atoms with Gasteiger partial charge in [-0.3, -0.25) is 14.5 Å². The summed E-state index contributed by atoms with van der Waals surface area (Å²) in [6, 6.07) is 19.7. The van der Waals surface area contributed by atoms with Gasteiger partial charge in [0.15, 0.2) is 11.6 Å². The van der Waals surface area contributed by atoms with Crippen LogP contribution in [0.1, 0.15) is 10.4 Å². The van der Waals surface area contributed by atoms with Crippen molar-refractivity contribution in [3.05, 3.63) is 78.1 Å². The van der Waals surface area contributed by atoms with Gasteiger partial charge < -0.3 is 20.1 Å². The van der Waals surface area contributed by atoms with E-state index in [0.717, 1.165) is 17.2 Å². The lowest BCUT2D eigenvalue weighted by molar-refractivity contribution is -0.118. The summed E-state index contributed by atoms with van der Waals surface area (Å²) in [5, 5.41) is 5.43. The molecule has 1 aliphatic rings. The first kappa shape index (κ1) is 23.4. The molecule has 0 bridgehead atoms. The molecule has 2 N–H and O–H groups in total. The average Bonchev–Trinajstić information content (AvgIpc) is 2.85. The van der Waals surface area contributed by atoms with Crippen molar-refractivity contribution >= 4 is 23.2 Å². The second kappa shape index (κ2) is 10.9. The molecule has 3 aromatic rings. The highest BCUT2D eigenvalue weighted by atomic mass is 19.1. The molecular formula is C26H26FN3O4. The minimum atomic E-state index is -0.740. The predicted molar refractivity (Wildman–Crippen MR) is 129 cm³/mol. The molecule has 1 fully saturated rings. The van der Waals surface area contributed by atoms with Gasteiger partial charge >= 0.3 is 0 Å². The van der Waals surface area contributed by atoms with E-state index in [1.54, 1.807) is 12.1 Å². The predicted octanol–water partition coefficient (Wildman–Crippen LogP) is 4.02. The molecule has 0 unspecified atom stereocenters. The van der Waals surface area contributed by atoms with Gasteiger partial charge in [-0.15, -0.1) is 0 Å². The zero-order valence-corrected chi connectivity index (χ0v) is 18.8. The maximum absolute atomic E-state index is 14.7. The maximum atomic E-state index is 14.7. The van der Waals surface area contributed by atoms with Gasteiger partial charge in [0.25, 0.3) is 5.91 Å². The Hall–Kier alpha value is -3.75. The molecule has 0 aromatic heterocycles. The van der Waals surface area contributed by atoms with Crippen molar-refractivity contribution in [2.45, 2.75) is 0 Å². The van der Waals surface area contributed by atoms with Crippen LogP contribution in [0.3, 0.4) is 0 Å². The number of carbonyl (C=O) groups excluding carboxylic acids is 2. The van der Waals surface area contributed by atoms with E-state index in [0.29, 0.717) is 32.0 Å². The number of nitrogens with zero attached hydrogens (tertiary/aromatic N) is 1. The average molecular weight is 464 g/mol. The lowest BCUT2D eigenvalue weighted by Gasteiger charge is -2.26. The number of morpholine rings is 1. The number of carbonyl (C=O) groups is 2. The molecule has 2 amide bonds. The fourth-order valence-electron chi connectivity index (χ4n) is 3.76. The van der Waals surface area contributed by atoms with Gasteiger partial charge in [0.1, 0.15) is 0 Å². The van der Waals surface area contributed by atoms with Gasteiger partial charge in [0, 0.05) is 24.3 Å². The Labute approximate surface area is 197 Å². The minimum Gasteiger partial charge on any atom is -0.492 e. The number of nitrogens with one attached hydrogen (secondary N) is 2. The van der Waals surface area contributed by atoms with Gasteiger partial charge in [-0.2, -0.15) is 0 Å². The van der Waals surface area contributed by atoms with Crippen molar-refractivity contribution < 1.29 is 23.5 Å². The third-order valence-electron chi connectivity index (χ3n) is 5.50. The summed E-state index contributed by atoms with van der Waals surface area (Å²) in [5.74, 6) is -1.69. The molecule has 1 saturated heterocycles. The molecule has 3 aromatic carbocycles. The molecule has 0 saturated carbocycles. The number of ether oxygens (including phenoxy) is 2. The topological polar surface area (TPSA) is 79.9 Å². The van der Waals surface area contributed by atoms with Gasteiger partial charge in [-0.25, -0.2) is 4.39 Å². The van der Waals surface area contributed by atoms with Crippen LogP contribution in [0.2, 0.25) is 0 Å². The van der Waals surface area contributed by atoms with Crippen molar-refractivity contribution in [1.82, 2.24) is 4.90 Å². The molecule has 0 atom stereocenters. The smallest absolute Gasteiger partial charge is 0.255 e. The summed E-state index contributed by atoms with van der Waals surface area (Å²) < 4.78 is 25.1. The summed E-state index contributed by atoms with van der Waals surface area (Å²) in [5.41, 5.74) is 2.81. The first-order valence-corrected chi connectivity index (χ1v) is 11.0.